The van der Waals surface area contributed by atoms with Gasteiger partial charge in [-0.3, -0.25) is 0 Å². The molecule has 0 spiro atoms. The molecular formula is C15H18N2O2. The average Bonchev–Trinajstić information content (AvgIpc) is 3.22. The second kappa shape index (κ2) is 5.75. The molecular weight excluding hydrogens is 240 g/mol. The Labute approximate surface area is 113 Å². The van der Waals surface area contributed by atoms with Crippen LogP contribution in [0, 0.1) is 18.3 Å². The van der Waals surface area contributed by atoms with Gasteiger partial charge in [-0.05, 0) is 30.9 Å². The summed E-state index contributed by atoms with van der Waals surface area (Å²) in [5, 5.41) is 0. The Balaban J connectivity index is 2.00. The molecule has 1 fully saturated rings. The molecule has 0 aliphatic heterocycles. The van der Waals surface area contributed by atoms with Crippen molar-refractivity contribution in [1.82, 2.24) is 4.98 Å². The quantitative estimate of drug-likeness (QED) is 0.599. The van der Waals surface area contributed by atoms with Crippen LogP contribution in [0.2, 0.25) is 0 Å². The molecule has 0 N–H and O–H groups in total. The van der Waals surface area contributed by atoms with E-state index in [1.165, 1.54) is 0 Å². The molecule has 2 rings (SSSR count). The predicted octanol–water partition coefficient (Wildman–Crippen LogP) is 2.11. The van der Waals surface area contributed by atoms with E-state index in [0.717, 1.165) is 18.5 Å². The van der Waals surface area contributed by atoms with Gasteiger partial charge in [0.15, 0.2) is 0 Å². The molecule has 0 aromatic carbocycles. The number of esters is 1. The molecule has 1 aromatic heterocycles. The molecule has 19 heavy (non-hydrogen) atoms. The van der Waals surface area contributed by atoms with Crippen LogP contribution in [-0.2, 0) is 4.74 Å². The lowest BCUT2D eigenvalue weighted by Crippen LogP contribution is -2.20. The number of carbonyl (C=O) groups excluding carboxylic acids is 1. The monoisotopic (exact) mass is 258 g/mol. The van der Waals surface area contributed by atoms with Gasteiger partial charge in [0.25, 0.3) is 0 Å². The first-order valence-electron chi connectivity index (χ1n) is 6.39. The standard InChI is InChI=1S/C15H18N2O2/c1-4-5-14(11-6-7-11)19-15(18)13-9-8-12(10-16-13)17(2)3/h1,8-11,14H,5-7H2,2-3H3/t14-/m0/s1. The zero-order valence-corrected chi connectivity index (χ0v) is 11.3. The Morgan fingerprint density at radius 2 is 2.32 bits per heavy atom. The molecule has 100 valence electrons. The van der Waals surface area contributed by atoms with E-state index < -0.39 is 5.97 Å². The Hall–Kier alpha value is -2.02. The molecule has 1 aliphatic carbocycles. The minimum atomic E-state index is -0.391. The van der Waals surface area contributed by atoms with Crippen LogP contribution in [0.15, 0.2) is 18.3 Å². The van der Waals surface area contributed by atoms with Crippen molar-refractivity contribution in [3.63, 3.8) is 0 Å². The number of hydrogen-bond donors (Lipinski definition) is 0. The highest BCUT2D eigenvalue weighted by Gasteiger charge is 2.33. The molecule has 0 amide bonds. The van der Waals surface area contributed by atoms with Crippen LogP contribution < -0.4 is 4.90 Å². The number of ether oxygens (including phenoxy) is 1. The van der Waals surface area contributed by atoms with Crippen molar-refractivity contribution in [3.8, 4) is 12.3 Å². The van der Waals surface area contributed by atoms with Gasteiger partial charge in [0.05, 0.1) is 11.9 Å². The lowest BCUT2D eigenvalue weighted by atomic mass is 10.2. The molecule has 0 radical (unpaired) electrons. The van der Waals surface area contributed by atoms with Crippen LogP contribution in [0.5, 0.6) is 0 Å². The number of aromatic nitrogens is 1. The van der Waals surface area contributed by atoms with Gasteiger partial charge < -0.3 is 9.64 Å². The molecule has 0 bridgehead atoms. The summed E-state index contributed by atoms with van der Waals surface area (Å²) in [5.41, 5.74) is 1.27. The van der Waals surface area contributed by atoms with Crippen molar-refractivity contribution < 1.29 is 9.53 Å². The highest BCUT2D eigenvalue weighted by atomic mass is 16.5. The van der Waals surface area contributed by atoms with Gasteiger partial charge >= 0.3 is 5.97 Å². The zero-order chi connectivity index (χ0) is 13.8. The fourth-order valence-corrected chi connectivity index (χ4v) is 1.86. The van der Waals surface area contributed by atoms with Gasteiger partial charge in [-0.1, -0.05) is 0 Å². The topological polar surface area (TPSA) is 42.4 Å². The van der Waals surface area contributed by atoms with Crippen LogP contribution in [0.4, 0.5) is 5.69 Å². The minimum Gasteiger partial charge on any atom is -0.456 e. The van der Waals surface area contributed by atoms with Crippen LogP contribution in [0.3, 0.4) is 0 Å². The first kappa shape index (κ1) is 13.4. The van der Waals surface area contributed by atoms with Gasteiger partial charge in [0.1, 0.15) is 11.8 Å². The van der Waals surface area contributed by atoms with E-state index in [4.69, 9.17) is 11.2 Å². The molecule has 1 aromatic rings. The maximum Gasteiger partial charge on any atom is 0.357 e. The highest BCUT2D eigenvalue weighted by Crippen LogP contribution is 2.36. The molecule has 1 aliphatic rings. The van der Waals surface area contributed by atoms with E-state index >= 15 is 0 Å². The fourth-order valence-electron chi connectivity index (χ4n) is 1.86. The molecule has 1 heterocycles. The molecule has 4 nitrogen and oxygen atoms in total. The number of hydrogen-bond acceptors (Lipinski definition) is 4. The number of carbonyl (C=O) groups is 1. The summed E-state index contributed by atoms with van der Waals surface area (Å²) >= 11 is 0. The van der Waals surface area contributed by atoms with E-state index in [2.05, 4.69) is 10.9 Å². The minimum absolute atomic E-state index is 0.159. The Bertz CT molecular complexity index is 484. The molecule has 0 unspecified atom stereocenters. The lowest BCUT2D eigenvalue weighted by molar-refractivity contribution is 0.0254. The van der Waals surface area contributed by atoms with Gasteiger partial charge in [0, 0.05) is 20.5 Å². The van der Waals surface area contributed by atoms with Crippen LogP contribution in [-0.4, -0.2) is 31.2 Å². The molecule has 4 heteroatoms. The number of nitrogens with zero attached hydrogens (tertiary/aromatic N) is 2. The second-order valence-electron chi connectivity index (χ2n) is 4.99. The second-order valence-corrected chi connectivity index (χ2v) is 4.99. The zero-order valence-electron chi connectivity index (χ0n) is 11.3. The molecule has 1 atom stereocenters. The fraction of sp³-hybridized carbons (Fsp3) is 0.467. The summed E-state index contributed by atoms with van der Waals surface area (Å²) in [5.74, 6) is 2.61. The van der Waals surface area contributed by atoms with E-state index in [1.54, 1.807) is 12.3 Å². The number of pyridine rings is 1. The maximum absolute atomic E-state index is 12.0. The summed E-state index contributed by atoms with van der Waals surface area (Å²) < 4.78 is 5.44. The summed E-state index contributed by atoms with van der Waals surface area (Å²) in [6.07, 6.45) is 9.46. The largest absolute Gasteiger partial charge is 0.456 e. The van der Waals surface area contributed by atoms with Crippen molar-refractivity contribution in [3.05, 3.63) is 24.0 Å². The third-order valence-electron chi connectivity index (χ3n) is 3.20. The van der Waals surface area contributed by atoms with E-state index in [-0.39, 0.29) is 6.10 Å². The van der Waals surface area contributed by atoms with E-state index in [0.29, 0.717) is 18.0 Å². The van der Waals surface area contributed by atoms with Crippen LogP contribution >= 0.6 is 0 Å². The summed E-state index contributed by atoms with van der Waals surface area (Å²) in [4.78, 5) is 18.0. The summed E-state index contributed by atoms with van der Waals surface area (Å²) in [7, 11) is 3.84. The van der Waals surface area contributed by atoms with Gasteiger partial charge in [-0.2, -0.15) is 0 Å². The third-order valence-corrected chi connectivity index (χ3v) is 3.20. The van der Waals surface area contributed by atoms with Crippen molar-refractivity contribution in [2.24, 2.45) is 5.92 Å². The normalized spacial score (nSPS) is 15.4. The van der Waals surface area contributed by atoms with Gasteiger partial charge in [-0.15, -0.1) is 12.3 Å². The Morgan fingerprint density at radius 3 is 2.79 bits per heavy atom. The van der Waals surface area contributed by atoms with Crippen molar-refractivity contribution in [2.75, 3.05) is 19.0 Å². The van der Waals surface area contributed by atoms with Crippen molar-refractivity contribution in [1.29, 1.82) is 0 Å². The first-order chi connectivity index (χ1) is 9.11. The van der Waals surface area contributed by atoms with Crippen LogP contribution in [0.1, 0.15) is 29.8 Å². The third kappa shape index (κ3) is 3.47. The molecule has 0 saturated heterocycles. The summed E-state index contributed by atoms with van der Waals surface area (Å²) in [6, 6.07) is 3.52. The van der Waals surface area contributed by atoms with Crippen molar-refractivity contribution >= 4 is 11.7 Å². The Morgan fingerprint density at radius 1 is 1.58 bits per heavy atom. The Kier molecular flexibility index (Phi) is 4.06. The van der Waals surface area contributed by atoms with E-state index in [1.807, 2.05) is 25.1 Å². The first-order valence-corrected chi connectivity index (χ1v) is 6.39. The van der Waals surface area contributed by atoms with Crippen LogP contribution in [0.25, 0.3) is 0 Å². The van der Waals surface area contributed by atoms with Gasteiger partial charge in [-0.25, -0.2) is 9.78 Å². The van der Waals surface area contributed by atoms with Gasteiger partial charge in [0.2, 0.25) is 0 Å². The smallest absolute Gasteiger partial charge is 0.357 e. The number of anilines is 1. The number of terminal acetylenes is 1. The predicted molar refractivity (Wildman–Crippen MR) is 73.9 cm³/mol. The molecule has 1 saturated carbocycles. The summed E-state index contributed by atoms with van der Waals surface area (Å²) in [6.45, 7) is 0. The van der Waals surface area contributed by atoms with E-state index in [9.17, 15) is 4.79 Å². The lowest BCUT2D eigenvalue weighted by Gasteiger charge is -2.15. The average molecular weight is 258 g/mol. The number of rotatable bonds is 5. The van der Waals surface area contributed by atoms with Crippen molar-refractivity contribution in [2.45, 2.75) is 25.4 Å². The SMILES string of the molecule is C#CC[C@H](OC(=O)c1ccc(N(C)C)cn1)C1CC1. The highest BCUT2D eigenvalue weighted by molar-refractivity contribution is 5.87. The maximum atomic E-state index is 12.0.